The highest BCUT2D eigenvalue weighted by atomic mass is 16.5. The van der Waals surface area contributed by atoms with Crippen molar-refractivity contribution in [3.05, 3.63) is 41.7 Å². The second-order valence-electron chi connectivity index (χ2n) is 7.02. The molecule has 4 rings (SSSR count). The summed E-state index contributed by atoms with van der Waals surface area (Å²) in [5.74, 6) is -0.702. The van der Waals surface area contributed by atoms with Crippen LogP contribution in [0.4, 0.5) is 10.5 Å². The second kappa shape index (κ2) is 8.00. The molecule has 0 bridgehead atoms. The number of carbonyl (C=O) groups excluding carboxylic acids is 3. The summed E-state index contributed by atoms with van der Waals surface area (Å²) in [6.07, 6.45) is 2.70. The van der Waals surface area contributed by atoms with E-state index in [4.69, 9.17) is 4.74 Å². The van der Waals surface area contributed by atoms with Crippen LogP contribution in [0.5, 0.6) is 0 Å². The predicted octanol–water partition coefficient (Wildman–Crippen LogP) is -0.0233. The monoisotopic (exact) mass is 398 g/mol. The van der Waals surface area contributed by atoms with E-state index in [0.717, 1.165) is 22.6 Å². The van der Waals surface area contributed by atoms with Crippen LogP contribution in [0.2, 0.25) is 0 Å². The molecule has 0 spiro atoms. The number of para-hydroxylation sites is 1. The third-order valence-corrected chi connectivity index (χ3v) is 5.11. The van der Waals surface area contributed by atoms with Crippen LogP contribution in [0.15, 0.2) is 30.5 Å². The summed E-state index contributed by atoms with van der Waals surface area (Å²) in [5.41, 5.74) is 2.52. The van der Waals surface area contributed by atoms with Crippen molar-refractivity contribution in [1.82, 2.24) is 25.2 Å². The average molecular weight is 398 g/mol. The third-order valence-electron chi connectivity index (χ3n) is 5.11. The molecule has 1 saturated heterocycles. The largest absolute Gasteiger partial charge is 0.383 e. The van der Waals surface area contributed by atoms with Crippen LogP contribution >= 0.6 is 0 Å². The summed E-state index contributed by atoms with van der Waals surface area (Å²) in [4.78, 5) is 40.3. The van der Waals surface area contributed by atoms with Crippen LogP contribution in [-0.2, 0) is 33.7 Å². The Balaban J connectivity index is 1.38. The SMILES string of the molecule is COCCn1cc(CC2NC(=O)N(CC(=O)N3CCc4ccccc43)C2=O)nn1. The Kier molecular flexibility index (Phi) is 5.26. The molecule has 3 heterocycles. The van der Waals surface area contributed by atoms with Crippen molar-refractivity contribution in [3.8, 4) is 0 Å². The number of ether oxygens (including phenoxy) is 1. The lowest BCUT2D eigenvalue weighted by molar-refractivity contribution is -0.131. The lowest BCUT2D eigenvalue weighted by Gasteiger charge is -2.20. The van der Waals surface area contributed by atoms with Gasteiger partial charge in [-0.2, -0.15) is 0 Å². The van der Waals surface area contributed by atoms with E-state index in [1.807, 2.05) is 24.3 Å². The molecule has 1 atom stereocenters. The molecule has 1 aromatic heterocycles. The maximum atomic E-state index is 12.7. The molecular weight excluding hydrogens is 376 g/mol. The van der Waals surface area contributed by atoms with Crippen molar-refractivity contribution in [3.63, 3.8) is 0 Å². The Hall–Kier alpha value is -3.27. The Bertz CT molecular complexity index is 942. The summed E-state index contributed by atoms with van der Waals surface area (Å²) < 4.78 is 6.61. The fraction of sp³-hybridized carbons (Fsp3) is 0.421. The lowest BCUT2D eigenvalue weighted by Crippen LogP contribution is -2.43. The maximum absolute atomic E-state index is 12.7. The van der Waals surface area contributed by atoms with Gasteiger partial charge in [0, 0.05) is 32.0 Å². The average Bonchev–Trinajstić information content (AvgIpc) is 3.41. The first-order valence-electron chi connectivity index (χ1n) is 9.45. The number of rotatable bonds is 7. The van der Waals surface area contributed by atoms with Gasteiger partial charge in [0.15, 0.2) is 0 Å². The van der Waals surface area contributed by atoms with E-state index in [1.54, 1.807) is 22.9 Å². The quantitative estimate of drug-likeness (QED) is 0.657. The Morgan fingerprint density at radius 2 is 2.14 bits per heavy atom. The smallest absolute Gasteiger partial charge is 0.325 e. The summed E-state index contributed by atoms with van der Waals surface area (Å²) in [6, 6.07) is 6.34. The van der Waals surface area contributed by atoms with E-state index in [9.17, 15) is 14.4 Å². The van der Waals surface area contributed by atoms with Crippen molar-refractivity contribution < 1.29 is 19.1 Å². The van der Waals surface area contributed by atoms with Crippen molar-refractivity contribution >= 4 is 23.5 Å². The normalized spacial score (nSPS) is 18.3. The zero-order valence-electron chi connectivity index (χ0n) is 16.1. The predicted molar refractivity (Wildman–Crippen MR) is 102 cm³/mol. The van der Waals surface area contributed by atoms with E-state index in [0.29, 0.717) is 25.4 Å². The molecule has 2 aliphatic heterocycles. The number of aromatic nitrogens is 3. The zero-order valence-corrected chi connectivity index (χ0v) is 16.1. The number of hydrogen-bond acceptors (Lipinski definition) is 6. The summed E-state index contributed by atoms with van der Waals surface area (Å²) >= 11 is 0. The van der Waals surface area contributed by atoms with Gasteiger partial charge in [-0.3, -0.25) is 14.5 Å². The molecule has 2 aliphatic rings. The number of carbonyl (C=O) groups is 3. The second-order valence-corrected chi connectivity index (χ2v) is 7.02. The molecule has 4 amide bonds. The molecule has 10 heteroatoms. The molecule has 10 nitrogen and oxygen atoms in total. The van der Waals surface area contributed by atoms with Crippen molar-refractivity contribution in [2.75, 3.05) is 31.7 Å². The Labute approximate surface area is 167 Å². The number of hydrogen-bond donors (Lipinski definition) is 1. The first-order chi connectivity index (χ1) is 14.1. The number of anilines is 1. The molecule has 1 N–H and O–H groups in total. The van der Waals surface area contributed by atoms with Gasteiger partial charge < -0.3 is 15.0 Å². The lowest BCUT2D eigenvalue weighted by atomic mass is 10.1. The summed E-state index contributed by atoms with van der Waals surface area (Å²) in [7, 11) is 1.60. The van der Waals surface area contributed by atoms with E-state index in [-0.39, 0.29) is 18.9 Å². The number of nitrogens with one attached hydrogen (secondary N) is 1. The molecule has 1 unspecified atom stereocenters. The minimum atomic E-state index is -0.756. The minimum Gasteiger partial charge on any atom is -0.383 e. The van der Waals surface area contributed by atoms with E-state index in [2.05, 4.69) is 15.6 Å². The Morgan fingerprint density at radius 3 is 2.97 bits per heavy atom. The number of amides is 4. The van der Waals surface area contributed by atoms with Crippen molar-refractivity contribution in [2.45, 2.75) is 25.4 Å². The molecule has 1 aromatic carbocycles. The van der Waals surface area contributed by atoms with Crippen LogP contribution in [-0.4, -0.2) is 70.6 Å². The number of urea groups is 1. The fourth-order valence-corrected chi connectivity index (χ4v) is 3.62. The van der Waals surface area contributed by atoms with Gasteiger partial charge in [0.2, 0.25) is 5.91 Å². The van der Waals surface area contributed by atoms with Gasteiger partial charge in [0.05, 0.1) is 18.8 Å². The first kappa shape index (κ1) is 19.1. The van der Waals surface area contributed by atoms with Crippen LogP contribution in [0.25, 0.3) is 0 Å². The van der Waals surface area contributed by atoms with E-state index >= 15 is 0 Å². The molecule has 2 aromatic rings. The molecule has 0 saturated carbocycles. The van der Waals surface area contributed by atoms with Gasteiger partial charge >= 0.3 is 6.03 Å². The van der Waals surface area contributed by atoms with Crippen LogP contribution in [0.1, 0.15) is 11.3 Å². The van der Waals surface area contributed by atoms with Gasteiger partial charge in [-0.15, -0.1) is 5.10 Å². The number of benzene rings is 1. The summed E-state index contributed by atoms with van der Waals surface area (Å²) in [5, 5.41) is 10.6. The molecule has 1 fully saturated rings. The summed E-state index contributed by atoms with van der Waals surface area (Å²) in [6.45, 7) is 1.32. The highest BCUT2D eigenvalue weighted by Crippen LogP contribution is 2.27. The molecule has 0 aliphatic carbocycles. The fourth-order valence-electron chi connectivity index (χ4n) is 3.62. The highest BCUT2D eigenvalue weighted by Gasteiger charge is 2.40. The standard InChI is InChI=1S/C19H22N6O4/c1-29-9-8-23-11-14(21-22-23)10-15-18(27)25(19(28)20-15)12-17(26)24-7-6-13-4-2-3-5-16(13)24/h2-5,11,15H,6-10,12H2,1H3,(H,20,28). The molecule has 29 heavy (non-hydrogen) atoms. The number of imide groups is 1. The molecule has 152 valence electrons. The van der Waals surface area contributed by atoms with Crippen LogP contribution < -0.4 is 10.2 Å². The topological polar surface area (TPSA) is 110 Å². The van der Waals surface area contributed by atoms with Gasteiger partial charge in [-0.05, 0) is 18.1 Å². The maximum Gasteiger partial charge on any atom is 0.325 e. The first-order valence-corrected chi connectivity index (χ1v) is 9.45. The van der Waals surface area contributed by atoms with Gasteiger partial charge in [-0.1, -0.05) is 23.4 Å². The van der Waals surface area contributed by atoms with Crippen molar-refractivity contribution in [2.24, 2.45) is 0 Å². The molecule has 0 radical (unpaired) electrons. The van der Waals surface area contributed by atoms with Gasteiger partial charge in [0.1, 0.15) is 12.6 Å². The van der Waals surface area contributed by atoms with Crippen LogP contribution in [0, 0.1) is 0 Å². The van der Waals surface area contributed by atoms with Crippen molar-refractivity contribution in [1.29, 1.82) is 0 Å². The van der Waals surface area contributed by atoms with E-state index in [1.165, 1.54) is 0 Å². The van der Waals surface area contributed by atoms with Crippen LogP contribution in [0.3, 0.4) is 0 Å². The highest BCUT2D eigenvalue weighted by molar-refractivity contribution is 6.08. The number of nitrogens with zero attached hydrogens (tertiary/aromatic N) is 5. The van der Waals surface area contributed by atoms with Gasteiger partial charge in [-0.25, -0.2) is 9.48 Å². The zero-order chi connectivity index (χ0) is 20.4. The third kappa shape index (κ3) is 3.83. The van der Waals surface area contributed by atoms with Gasteiger partial charge in [0.25, 0.3) is 5.91 Å². The molecular formula is C19H22N6O4. The minimum absolute atomic E-state index is 0.217. The van der Waals surface area contributed by atoms with E-state index < -0.39 is 18.0 Å². The Morgan fingerprint density at radius 1 is 1.31 bits per heavy atom. The number of fused-ring (bicyclic) bond motifs is 1. The number of methoxy groups -OCH3 is 1.